The number of anilines is 1. The number of piperidine rings is 1. The molecule has 4 rings (SSSR count). The van der Waals surface area contributed by atoms with Gasteiger partial charge >= 0.3 is 0 Å². The largest absolute Gasteiger partial charge is 0.377 e. The van der Waals surface area contributed by atoms with E-state index in [1.807, 2.05) is 13.0 Å². The Morgan fingerprint density at radius 3 is 2.64 bits per heavy atom. The highest BCUT2D eigenvalue weighted by atomic mass is 16.2. The van der Waals surface area contributed by atoms with Crippen molar-refractivity contribution >= 4 is 17.2 Å². The van der Waals surface area contributed by atoms with Crippen LogP contribution in [0.5, 0.6) is 0 Å². The average molecular weight is 332 g/mol. The van der Waals surface area contributed by atoms with E-state index in [2.05, 4.69) is 58.9 Å². The number of carbonyl (C=O) groups excluding carboxylic acids is 1. The van der Waals surface area contributed by atoms with Crippen LogP contribution in [0.2, 0.25) is 0 Å². The lowest BCUT2D eigenvalue weighted by Gasteiger charge is -2.31. The van der Waals surface area contributed by atoms with Crippen molar-refractivity contribution in [3.63, 3.8) is 0 Å². The normalized spacial score (nSPS) is 19.2. The Morgan fingerprint density at radius 1 is 1.12 bits per heavy atom. The molecule has 0 unspecified atom stereocenters. The summed E-state index contributed by atoms with van der Waals surface area (Å²) in [6.07, 6.45) is 5.59. The number of aryl methyl sites for hydroxylation is 1. The lowest BCUT2D eigenvalue weighted by molar-refractivity contribution is -0.110. The zero-order valence-electron chi connectivity index (χ0n) is 14.7. The second kappa shape index (κ2) is 6.75. The fourth-order valence-electron chi connectivity index (χ4n) is 3.85. The van der Waals surface area contributed by atoms with E-state index >= 15 is 0 Å². The highest BCUT2D eigenvalue weighted by Gasteiger charge is 2.26. The summed E-state index contributed by atoms with van der Waals surface area (Å²) < 4.78 is 0. The summed E-state index contributed by atoms with van der Waals surface area (Å²) in [5.41, 5.74) is 5.37. The summed E-state index contributed by atoms with van der Waals surface area (Å²) in [5, 5.41) is 2.99. The molecule has 1 saturated heterocycles. The number of nitrogens with one attached hydrogen (secondary N) is 1. The second-order valence-corrected chi connectivity index (χ2v) is 7.22. The smallest absolute Gasteiger partial charge is 0.257 e. The number of fused-ring (bicyclic) bond motifs is 1. The van der Waals surface area contributed by atoms with Crippen LogP contribution >= 0.6 is 0 Å². The predicted octanol–water partition coefficient (Wildman–Crippen LogP) is 4.24. The molecule has 1 N–H and O–H groups in total. The minimum absolute atomic E-state index is 0.0204. The Labute approximate surface area is 149 Å². The topological polar surface area (TPSA) is 32.3 Å². The highest BCUT2D eigenvalue weighted by molar-refractivity contribution is 6.31. The molecular formula is C22H24N2O. The number of likely N-dealkylation sites (tertiary alicyclic amines) is 1. The van der Waals surface area contributed by atoms with Crippen molar-refractivity contribution in [1.29, 1.82) is 0 Å². The van der Waals surface area contributed by atoms with Crippen LogP contribution in [0.3, 0.4) is 0 Å². The maximum absolute atomic E-state index is 12.3. The van der Waals surface area contributed by atoms with Gasteiger partial charge in [0, 0.05) is 30.5 Å². The zero-order chi connectivity index (χ0) is 17.2. The van der Waals surface area contributed by atoms with Gasteiger partial charge in [0.15, 0.2) is 0 Å². The van der Waals surface area contributed by atoms with E-state index in [0.717, 1.165) is 42.3 Å². The number of carbonyl (C=O) groups is 1. The molecule has 0 radical (unpaired) electrons. The van der Waals surface area contributed by atoms with Gasteiger partial charge < -0.3 is 10.2 Å². The molecule has 0 aromatic heterocycles. The standard InChI is InChI=1S/C22H24N2O/c1-16-7-8-19-20(22(25)23-21(19)13-16)15-24-11-9-18(10-12-24)14-17-5-3-2-4-6-17/h2-8,13,15,18H,9-12,14H2,1H3,(H,23,25)/b20-15+. The van der Waals surface area contributed by atoms with Crippen LogP contribution in [0, 0.1) is 12.8 Å². The summed E-state index contributed by atoms with van der Waals surface area (Å²) in [5.74, 6) is 0.761. The first-order valence-electron chi connectivity index (χ1n) is 9.11. The molecule has 1 fully saturated rings. The number of hydrogen-bond acceptors (Lipinski definition) is 2. The van der Waals surface area contributed by atoms with Crippen molar-refractivity contribution in [3.8, 4) is 0 Å². The number of nitrogens with zero attached hydrogens (tertiary/aromatic N) is 1. The molecule has 0 saturated carbocycles. The van der Waals surface area contributed by atoms with Crippen LogP contribution in [0.4, 0.5) is 5.69 Å². The molecular weight excluding hydrogens is 308 g/mol. The van der Waals surface area contributed by atoms with Crippen LogP contribution in [0.15, 0.2) is 54.7 Å². The van der Waals surface area contributed by atoms with Gasteiger partial charge in [-0.25, -0.2) is 0 Å². The van der Waals surface area contributed by atoms with E-state index in [0.29, 0.717) is 0 Å². The monoisotopic (exact) mass is 332 g/mol. The minimum Gasteiger partial charge on any atom is -0.377 e. The molecule has 3 heteroatoms. The first-order valence-corrected chi connectivity index (χ1v) is 9.11. The Hall–Kier alpha value is -2.55. The highest BCUT2D eigenvalue weighted by Crippen LogP contribution is 2.33. The van der Waals surface area contributed by atoms with Crippen LogP contribution in [0.25, 0.3) is 5.57 Å². The maximum Gasteiger partial charge on any atom is 0.257 e. The summed E-state index contributed by atoms with van der Waals surface area (Å²) in [4.78, 5) is 14.6. The van der Waals surface area contributed by atoms with Crippen molar-refractivity contribution in [1.82, 2.24) is 4.90 Å². The average Bonchev–Trinajstić information content (AvgIpc) is 2.92. The maximum atomic E-state index is 12.3. The van der Waals surface area contributed by atoms with Crippen LogP contribution in [-0.4, -0.2) is 23.9 Å². The molecule has 3 nitrogen and oxygen atoms in total. The molecule has 128 valence electrons. The van der Waals surface area contributed by atoms with E-state index in [1.54, 1.807) is 0 Å². The molecule has 0 atom stereocenters. The summed E-state index contributed by atoms with van der Waals surface area (Å²) in [6.45, 7) is 4.09. The van der Waals surface area contributed by atoms with Gasteiger partial charge in [-0.05, 0) is 49.3 Å². The molecule has 0 bridgehead atoms. The fraction of sp³-hybridized carbons (Fsp3) is 0.318. The molecule has 2 heterocycles. The van der Waals surface area contributed by atoms with Gasteiger partial charge in [-0.3, -0.25) is 4.79 Å². The van der Waals surface area contributed by atoms with Gasteiger partial charge in [0.25, 0.3) is 5.91 Å². The van der Waals surface area contributed by atoms with E-state index in [9.17, 15) is 4.79 Å². The third-order valence-corrected chi connectivity index (χ3v) is 5.29. The molecule has 2 aliphatic heterocycles. The van der Waals surface area contributed by atoms with E-state index in [-0.39, 0.29) is 5.91 Å². The molecule has 2 aromatic rings. The summed E-state index contributed by atoms with van der Waals surface area (Å²) in [6, 6.07) is 16.9. The van der Waals surface area contributed by atoms with Crippen molar-refractivity contribution in [2.75, 3.05) is 18.4 Å². The molecule has 1 amide bonds. The van der Waals surface area contributed by atoms with Gasteiger partial charge in [-0.15, -0.1) is 0 Å². The third-order valence-electron chi connectivity index (χ3n) is 5.29. The van der Waals surface area contributed by atoms with Gasteiger partial charge in [0.1, 0.15) is 0 Å². The first-order chi connectivity index (χ1) is 12.2. The SMILES string of the molecule is Cc1ccc2c(c1)NC(=O)/C2=C/N1CCC(Cc2ccccc2)CC1. The first kappa shape index (κ1) is 15.9. The zero-order valence-corrected chi connectivity index (χ0v) is 14.7. The molecule has 2 aliphatic rings. The van der Waals surface area contributed by atoms with Gasteiger partial charge in [0.05, 0.1) is 5.57 Å². The Bertz CT molecular complexity index is 802. The number of rotatable bonds is 3. The van der Waals surface area contributed by atoms with Crippen molar-refractivity contribution < 1.29 is 4.79 Å². The third kappa shape index (κ3) is 3.46. The Balaban J connectivity index is 1.42. The van der Waals surface area contributed by atoms with Gasteiger partial charge in [-0.1, -0.05) is 42.5 Å². The van der Waals surface area contributed by atoms with Crippen LogP contribution < -0.4 is 5.32 Å². The van der Waals surface area contributed by atoms with Crippen LogP contribution in [0.1, 0.15) is 29.5 Å². The summed E-state index contributed by atoms with van der Waals surface area (Å²) >= 11 is 0. The van der Waals surface area contributed by atoms with Gasteiger partial charge in [0.2, 0.25) is 0 Å². The van der Waals surface area contributed by atoms with Crippen molar-refractivity contribution in [2.24, 2.45) is 5.92 Å². The van der Waals surface area contributed by atoms with Crippen molar-refractivity contribution in [2.45, 2.75) is 26.2 Å². The summed E-state index contributed by atoms with van der Waals surface area (Å²) in [7, 11) is 0. The second-order valence-electron chi connectivity index (χ2n) is 7.22. The van der Waals surface area contributed by atoms with Gasteiger partial charge in [-0.2, -0.15) is 0 Å². The predicted molar refractivity (Wildman–Crippen MR) is 102 cm³/mol. The Morgan fingerprint density at radius 2 is 1.88 bits per heavy atom. The Kier molecular flexibility index (Phi) is 4.31. The molecule has 25 heavy (non-hydrogen) atoms. The van der Waals surface area contributed by atoms with E-state index in [4.69, 9.17) is 0 Å². The number of amides is 1. The molecule has 0 aliphatic carbocycles. The quantitative estimate of drug-likeness (QED) is 0.853. The fourth-order valence-corrected chi connectivity index (χ4v) is 3.85. The van der Waals surface area contributed by atoms with E-state index in [1.165, 1.54) is 24.0 Å². The lowest BCUT2D eigenvalue weighted by Crippen LogP contribution is -2.31. The van der Waals surface area contributed by atoms with Crippen LogP contribution in [-0.2, 0) is 11.2 Å². The minimum atomic E-state index is 0.0204. The van der Waals surface area contributed by atoms with Crippen molar-refractivity contribution in [3.05, 3.63) is 71.4 Å². The van der Waals surface area contributed by atoms with E-state index < -0.39 is 0 Å². The number of benzene rings is 2. The molecule has 0 spiro atoms. The lowest BCUT2D eigenvalue weighted by atomic mass is 9.90. The molecule has 2 aromatic carbocycles. The number of hydrogen-bond donors (Lipinski definition) is 1.